The summed E-state index contributed by atoms with van der Waals surface area (Å²) in [6.07, 6.45) is 0. The molecule has 0 fully saturated rings. The van der Waals surface area contributed by atoms with Gasteiger partial charge in [0.25, 0.3) is 17.5 Å². The number of aromatic nitrogens is 1. The molecule has 150 valence electrons. The van der Waals surface area contributed by atoms with Crippen molar-refractivity contribution in [2.75, 3.05) is 5.43 Å². The van der Waals surface area contributed by atoms with E-state index in [0.29, 0.717) is 5.56 Å². The zero-order valence-corrected chi connectivity index (χ0v) is 16.9. The predicted octanol–water partition coefficient (Wildman–Crippen LogP) is 1.94. The Balaban J connectivity index is 1.83. The van der Waals surface area contributed by atoms with E-state index in [-0.39, 0.29) is 30.7 Å². The van der Waals surface area contributed by atoms with Gasteiger partial charge in [0.1, 0.15) is 4.88 Å². The number of hydrogen-bond acceptors (Lipinski definition) is 7. The van der Waals surface area contributed by atoms with Gasteiger partial charge < -0.3 is 5.11 Å². The molecule has 0 bridgehead atoms. The minimum atomic E-state index is -0.658. The molecule has 0 aliphatic carbocycles. The van der Waals surface area contributed by atoms with E-state index in [9.17, 15) is 24.8 Å². The molecule has 1 aliphatic rings. The Kier molecular flexibility index (Phi) is 4.76. The standard InChI is InChI=1S/C19H12N4O5S2/c1-9-4-2-3-5-11(9)16(24)21-22-18(26)15(30-19(22)29)14-12-8-10(23(27)28)6-7-13(12)20-17(14)25/h2-8,26H,1H3,(H,21,24). The molecule has 2 aromatic carbocycles. The molecular weight excluding hydrogens is 428 g/mol. The topological polar surface area (TPSA) is 127 Å². The van der Waals surface area contributed by atoms with Crippen molar-refractivity contribution in [2.24, 2.45) is 4.99 Å². The van der Waals surface area contributed by atoms with Gasteiger partial charge in [-0.05, 0) is 36.8 Å². The minimum Gasteiger partial charge on any atom is -0.492 e. The molecule has 4 rings (SSSR count). The number of nitro groups is 1. The molecule has 1 aromatic heterocycles. The number of nitro benzene ring substituents is 1. The van der Waals surface area contributed by atoms with Crippen molar-refractivity contribution in [1.82, 2.24) is 4.68 Å². The van der Waals surface area contributed by atoms with Crippen LogP contribution in [0.1, 0.15) is 20.8 Å². The minimum absolute atomic E-state index is 0.00816. The van der Waals surface area contributed by atoms with Crippen LogP contribution in [-0.2, 0) is 4.79 Å². The second-order valence-electron chi connectivity index (χ2n) is 6.36. The fourth-order valence-electron chi connectivity index (χ4n) is 3.05. The van der Waals surface area contributed by atoms with Crippen molar-refractivity contribution in [1.29, 1.82) is 0 Å². The fourth-order valence-corrected chi connectivity index (χ4v) is 4.31. The first kappa shape index (κ1) is 19.6. The molecule has 11 heteroatoms. The van der Waals surface area contributed by atoms with Gasteiger partial charge in [-0.3, -0.25) is 25.1 Å². The van der Waals surface area contributed by atoms with Gasteiger partial charge in [-0.2, -0.15) is 4.68 Å². The Morgan fingerprint density at radius 3 is 2.73 bits per heavy atom. The van der Waals surface area contributed by atoms with Crippen LogP contribution in [0.4, 0.5) is 5.69 Å². The van der Waals surface area contributed by atoms with E-state index in [1.165, 1.54) is 18.2 Å². The molecule has 2 heterocycles. The van der Waals surface area contributed by atoms with Gasteiger partial charge >= 0.3 is 0 Å². The molecule has 0 saturated carbocycles. The van der Waals surface area contributed by atoms with Crippen molar-refractivity contribution < 1.29 is 19.6 Å². The maximum absolute atomic E-state index is 12.6. The molecule has 9 nitrogen and oxygen atoms in total. The highest BCUT2D eigenvalue weighted by atomic mass is 32.1. The van der Waals surface area contributed by atoms with Gasteiger partial charge in [-0.15, -0.1) is 0 Å². The Labute approximate surface area is 177 Å². The summed E-state index contributed by atoms with van der Waals surface area (Å²) >= 11 is 6.13. The number of fused-ring (bicyclic) bond motifs is 1. The number of aromatic hydroxyl groups is 1. The number of rotatable bonds is 4. The van der Waals surface area contributed by atoms with Gasteiger partial charge in [0, 0.05) is 22.9 Å². The molecule has 0 spiro atoms. The molecular formula is C19H12N4O5S2. The van der Waals surface area contributed by atoms with Gasteiger partial charge in [-0.25, -0.2) is 4.99 Å². The highest BCUT2D eigenvalue weighted by Crippen LogP contribution is 2.32. The summed E-state index contributed by atoms with van der Waals surface area (Å²) in [4.78, 5) is 39.5. The lowest BCUT2D eigenvalue weighted by Gasteiger charge is -2.09. The molecule has 0 unspecified atom stereocenters. The van der Waals surface area contributed by atoms with Crippen molar-refractivity contribution in [3.8, 4) is 5.88 Å². The predicted molar refractivity (Wildman–Crippen MR) is 111 cm³/mol. The molecule has 2 N–H and O–H groups in total. The van der Waals surface area contributed by atoms with Crippen molar-refractivity contribution in [3.05, 3.63) is 83.1 Å². The van der Waals surface area contributed by atoms with Crippen LogP contribution < -0.4 is 16.0 Å². The molecule has 30 heavy (non-hydrogen) atoms. The van der Waals surface area contributed by atoms with E-state index in [1.54, 1.807) is 31.2 Å². The number of carbonyl (C=O) groups is 2. The van der Waals surface area contributed by atoms with Crippen LogP contribution in [0.2, 0.25) is 0 Å². The third-order valence-electron chi connectivity index (χ3n) is 4.51. The van der Waals surface area contributed by atoms with Crippen LogP contribution in [0.15, 0.2) is 47.5 Å². The number of aryl methyl sites for hydroxylation is 1. The Hall–Kier alpha value is -3.70. The number of hydrogen-bond donors (Lipinski definition) is 2. The van der Waals surface area contributed by atoms with Crippen molar-refractivity contribution in [2.45, 2.75) is 6.92 Å². The Morgan fingerprint density at radius 1 is 1.30 bits per heavy atom. The normalized spacial score (nSPS) is 12.4. The van der Waals surface area contributed by atoms with Crippen LogP contribution in [0, 0.1) is 21.0 Å². The number of non-ortho nitro benzene ring substituents is 1. The first-order chi connectivity index (χ1) is 14.3. The molecule has 0 saturated heterocycles. The monoisotopic (exact) mass is 440 g/mol. The number of carbonyl (C=O) groups excluding carboxylic acids is 2. The second-order valence-corrected chi connectivity index (χ2v) is 8.01. The SMILES string of the molecule is Cc1ccccc1C(=O)Nn1c(O)c(C2=c3cc([N+](=O)[O-])ccc3=NC2=O)sc1=S. The van der Waals surface area contributed by atoms with Crippen LogP contribution in [0.5, 0.6) is 5.88 Å². The average Bonchev–Trinajstić information content (AvgIpc) is 3.17. The van der Waals surface area contributed by atoms with Crippen LogP contribution in [-0.4, -0.2) is 26.5 Å². The van der Waals surface area contributed by atoms with Gasteiger partial charge in [-0.1, -0.05) is 29.5 Å². The number of thiazole rings is 1. The maximum atomic E-state index is 12.6. The zero-order valence-electron chi connectivity index (χ0n) is 15.3. The fraction of sp³-hybridized carbons (Fsp3) is 0.0526. The van der Waals surface area contributed by atoms with E-state index in [1.807, 2.05) is 0 Å². The summed E-state index contributed by atoms with van der Waals surface area (Å²) in [6, 6.07) is 10.7. The van der Waals surface area contributed by atoms with Crippen LogP contribution in [0.25, 0.3) is 5.57 Å². The average molecular weight is 440 g/mol. The van der Waals surface area contributed by atoms with Crippen molar-refractivity contribution in [3.63, 3.8) is 0 Å². The third kappa shape index (κ3) is 3.19. The lowest BCUT2D eigenvalue weighted by Crippen LogP contribution is -2.24. The summed E-state index contributed by atoms with van der Waals surface area (Å²) in [5.41, 5.74) is 3.42. The van der Waals surface area contributed by atoms with Crippen molar-refractivity contribution >= 4 is 46.6 Å². The summed E-state index contributed by atoms with van der Waals surface area (Å²) in [5, 5.41) is 22.3. The number of nitrogens with one attached hydrogen (secondary N) is 1. The highest BCUT2D eigenvalue weighted by molar-refractivity contribution is 7.73. The highest BCUT2D eigenvalue weighted by Gasteiger charge is 2.27. The van der Waals surface area contributed by atoms with E-state index in [2.05, 4.69) is 10.4 Å². The quantitative estimate of drug-likeness (QED) is 0.363. The van der Waals surface area contributed by atoms with Gasteiger partial charge in [0.2, 0.25) is 5.88 Å². The first-order valence-corrected chi connectivity index (χ1v) is 9.74. The number of amides is 2. The van der Waals surface area contributed by atoms with Crippen LogP contribution in [0.3, 0.4) is 0 Å². The van der Waals surface area contributed by atoms with E-state index >= 15 is 0 Å². The van der Waals surface area contributed by atoms with Crippen LogP contribution >= 0.6 is 23.6 Å². The largest absolute Gasteiger partial charge is 0.492 e. The molecule has 0 atom stereocenters. The number of benzene rings is 2. The Bertz CT molecular complexity index is 1440. The Morgan fingerprint density at radius 2 is 2.03 bits per heavy atom. The zero-order chi connectivity index (χ0) is 21.6. The summed E-state index contributed by atoms with van der Waals surface area (Å²) in [7, 11) is 0. The van der Waals surface area contributed by atoms with Gasteiger partial charge in [0.15, 0.2) is 3.95 Å². The first-order valence-electron chi connectivity index (χ1n) is 8.52. The lowest BCUT2D eigenvalue weighted by atomic mass is 10.1. The van der Waals surface area contributed by atoms with E-state index in [4.69, 9.17) is 12.2 Å². The summed E-state index contributed by atoms with van der Waals surface area (Å²) in [5.74, 6) is -1.61. The lowest BCUT2D eigenvalue weighted by molar-refractivity contribution is -0.385. The number of nitrogens with zero attached hydrogens (tertiary/aromatic N) is 3. The van der Waals surface area contributed by atoms with E-state index < -0.39 is 22.6 Å². The smallest absolute Gasteiger partial charge is 0.279 e. The summed E-state index contributed by atoms with van der Waals surface area (Å²) in [6.45, 7) is 1.77. The summed E-state index contributed by atoms with van der Waals surface area (Å²) < 4.78 is 1.09. The van der Waals surface area contributed by atoms with E-state index in [0.717, 1.165) is 21.6 Å². The molecule has 2 amide bonds. The molecule has 1 aliphatic heterocycles. The molecule has 0 radical (unpaired) electrons. The second kappa shape index (κ2) is 7.28. The maximum Gasteiger partial charge on any atom is 0.279 e. The third-order valence-corrected chi connectivity index (χ3v) is 5.89. The molecule has 3 aromatic rings. The van der Waals surface area contributed by atoms with Gasteiger partial charge in [0.05, 0.1) is 15.9 Å².